The number of sulfone groups is 1. The van der Waals surface area contributed by atoms with Crippen molar-refractivity contribution < 1.29 is 18.0 Å². The van der Waals surface area contributed by atoms with Gasteiger partial charge >= 0.3 is 6.03 Å². The molecule has 1 aliphatic rings. The van der Waals surface area contributed by atoms with E-state index in [0.717, 1.165) is 0 Å². The summed E-state index contributed by atoms with van der Waals surface area (Å²) in [7, 11) is -2.97. The Hall–Kier alpha value is -1.11. The Balaban J connectivity index is 2.23. The first kappa shape index (κ1) is 13.0. The first-order valence-corrected chi connectivity index (χ1v) is 6.95. The van der Waals surface area contributed by atoms with Crippen molar-refractivity contribution in [3.63, 3.8) is 0 Å². The molecule has 1 unspecified atom stereocenters. The van der Waals surface area contributed by atoms with Crippen molar-refractivity contribution in [2.45, 2.75) is 25.8 Å². The Morgan fingerprint density at radius 2 is 2.06 bits per heavy atom. The van der Waals surface area contributed by atoms with E-state index in [1.54, 1.807) is 0 Å². The monoisotopic (exact) mass is 248 g/mol. The molecule has 0 aliphatic carbocycles. The van der Waals surface area contributed by atoms with Gasteiger partial charge in [0.05, 0.1) is 11.5 Å². The first-order valence-electron chi connectivity index (χ1n) is 5.13. The molecular formula is C9H16N2O4S. The predicted octanol–water partition coefficient (Wildman–Crippen LogP) is -0.548. The molecule has 92 valence electrons. The van der Waals surface area contributed by atoms with E-state index in [1.807, 2.05) is 0 Å². The van der Waals surface area contributed by atoms with Gasteiger partial charge in [0.25, 0.3) is 0 Å². The van der Waals surface area contributed by atoms with Crippen LogP contribution in [0.1, 0.15) is 19.8 Å². The highest BCUT2D eigenvalue weighted by molar-refractivity contribution is 7.91. The normalized spacial score (nSPS) is 22.7. The lowest BCUT2D eigenvalue weighted by atomic mass is 10.3. The van der Waals surface area contributed by atoms with Crippen LogP contribution < -0.4 is 10.6 Å². The minimum absolute atomic E-state index is 0.00347. The topological polar surface area (TPSA) is 92.3 Å². The summed E-state index contributed by atoms with van der Waals surface area (Å²) in [5.74, 6) is 0.141. The van der Waals surface area contributed by atoms with Crippen molar-refractivity contribution in [1.82, 2.24) is 10.6 Å². The molecule has 7 heteroatoms. The quantitative estimate of drug-likeness (QED) is 0.698. The van der Waals surface area contributed by atoms with Crippen LogP contribution in [-0.2, 0) is 14.6 Å². The second-order valence-electron chi connectivity index (χ2n) is 3.95. The van der Waals surface area contributed by atoms with E-state index in [-0.39, 0.29) is 36.3 Å². The second-order valence-corrected chi connectivity index (χ2v) is 6.18. The summed E-state index contributed by atoms with van der Waals surface area (Å²) in [4.78, 5) is 21.9. The molecule has 16 heavy (non-hydrogen) atoms. The van der Waals surface area contributed by atoms with E-state index < -0.39 is 15.9 Å². The van der Waals surface area contributed by atoms with Crippen LogP contribution in [0.3, 0.4) is 0 Å². The van der Waals surface area contributed by atoms with Crippen LogP contribution in [-0.4, -0.2) is 44.3 Å². The molecule has 0 radical (unpaired) electrons. The molecule has 1 fully saturated rings. The Morgan fingerprint density at radius 3 is 2.56 bits per heavy atom. The van der Waals surface area contributed by atoms with Crippen LogP contribution >= 0.6 is 0 Å². The third kappa shape index (κ3) is 4.61. The van der Waals surface area contributed by atoms with Crippen molar-refractivity contribution in [3.8, 4) is 0 Å². The maximum atomic E-state index is 11.3. The first-order chi connectivity index (χ1) is 7.39. The number of urea groups is 1. The van der Waals surface area contributed by atoms with Gasteiger partial charge in [0.2, 0.25) is 0 Å². The average molecular weight is 248 g/mol. The van der Waals surface area contributed by atoms with Gasteiger partial charge in [-0.15, -0.1) is 0 Å². The molecule has 1 atom stereocenters. The van der Waals surface area contributed by atoms with E-state index in [1.165, 1.54) is 6.92 Å². The van der Waals surface area contributed by atoms with Crippen molar-refractivity contribution >= 4 is 21.7 Å². The summed E-state index contributed by atoms with van der Waals surface area (Å²) < 4.78 is 22.2. The molecule has 0 aromatic rings. The van der Waals surface area contributed by atoms with Crippen molar-refractivity contribution in [1.29, 1.82) is 0 Å². The third-order valence-corrected chi connectivity index (χ3v) is 4.10. The lowest BCUT2D eigenvalue weighted by Crippen LogP contribution is -2.43. The molecule has 6 nitrogen and oxygen atoms in total. The number of carbonyl (C=O) groups is 2. The zero-order valence-electron chi connectivity index (χ0n) is 9.15. The van der Waals surface area contributed by atoms with Crippen molar-refractivity contribution in [2.75, 3.05) is 18.1 Å². The second kappa shape index (κ2) is 5.29. The smallest absolute Gasteiger partial charge is 0.315 e. The number of amides is 2. The minimum atomic E-state index is -2.97. The van der Waals surface area contributed by atoms with E-state index in [2.05, 4.69) is 10.6 Å². The molecular weight excluding hydrogens is 232 g/mol. The van der Waals surface area contributed by atoms with Gasteiger partial charge in [0.1, 0.15) is 5.78 Å². The molecule has 0 saturated carbocycles. The summed E-state index contributed by atoms with van der Waals surface area (Å²) in [5, 5.41) is 5.07. The highest BCUT2D eigenvalue weighted by atomic mass is 32.2. The highest BCUT2D eigenvalue weighted by Crippen LogP contribution is 2.10. The lowest BCUT2D eigenvalue weighted by Gasteiger charge is -2.11. The zero-order chi connectivity index (χ0) is 12.2. The molecule has 2 N–H and O–H groups in total. The SMILES string of the molecule is CC(=O)CCNC(=O)NC1CCS(=O)(=O)C1. The fourth-order valence-electron chi connectivity index (χ4n) is 1.50. The molecule has 1 rings (SSSR count). The molecule has 1 saturated heterocycles. The maximum Gasteiger partial charge on any atom is 0.315 e. The molecule has 0 spiro atoms. The summed E-state index contributed by atoms with van der Waals surface area (Å²) >= 11 is 0. The zero-order valence-corrected chi connectivity index (χ0v) is 9.97. The maximum absolute atomic E-state index is 11.3. The highest BCUT2D eigenvalue weighted by Gasteiger charge is 2.28. The predicted molar refractivity (Wildman–Crippen MR) is 58.9 cm³/mol. The minimum Gasteiger partial charge on any atom is -0.338 e. The molecule has 0 aromatic carbocycles. The number of hydrogen-bond donors (Lipinski definition) is 2. The number of nitrogens with one attached hydrogen (secondary N) is 2. The van der Waals surface area contributed by atoms with Gasteiger partial charge in [-0.2, -0.15) is 0 Å². The fourth-order valence-corrected chi connectivity index (χ4v) is 3.17. The molecule has 1 heterocycles. The standard InChI is InChI=1S/C9H16N2O4S/c1-7(12)2-4-10-9(13)11-8-3-5-16(14,15)6-8/h8H,2-6H2,1H3,(H2,10,11,13). The van der Waals surface area contributed by atoms with Gasteiger partial charge in [-0.05, 0) is 13.3 Å². The van der Waals surface area contributed by atoms with E-state index in [4.69, 9.17) is 0 Å². The van der Waals surface area contributed by atoms with Crippen molar-refractivity contribution in [2.24, 2.45) is 0 Å². The van der Waals surface area contributed by atoms with Crippen LogP contribution in [0.5, 0.6) is 0 Å². The lowest BCUT2D eigenvalue weighted by molar-refractivity contribution is -0.116. The van der Waals surface area contributed by atoms with Crippen molar-refractivity contribution in [3.05, 3.63) is 0 Å². The van der Waals surface area contributed by atoms with Crippen LogP contribution in [0, 0.1) is 0 Å². The molecule has 0 aromatic heterocycles. The van der Waals surface area contributed by atoms with Gasteiger partial charge < -0.3 is 10.6 Å². The molecule has 2 amide bonds. The fraction of sp³-hybridized carbons (Fsp3) is 0.778. The van der Waals surface area contributed by atoms with Gasteiger partial charge in [0, 0.05) is 19.0 Å². The van der Waals surface area contributed by atoms with Crippen LogP contribution in [0.15, 0.2) is 0 Å². The Bertz CT molecular complexity index is 377. The number of Topliss-reactive ketones (excluding diaryl/α,β-unsaturated/α-hetero) is 1. The van der Waals surface area contributed by atoms with Gasteiger partial charge in [-0.3, -0.25) is 4.79 Å². The number of ketones is 1. The van der Waals surface area contributed by atoms with E-state index in [0.29, 0.717) is 6.42 Å². The number of hydrogen-bond acceptors (Lipinski definition) is 4. The Kier molecular flexibility index (Phi) is 4.28. The molecule has 0 bridgehead atoms. The average Bonchev–Trinajstić information content (AvgIpc) is 2.44. The van der Waals surface area contributed by atoms with E-state index in [9.17, 15) is 18.0 Å². The van der Waals surface area contributed by atoms with Gasteiger partial charge in [-0.25, -0.2) is 13.2 Å². The number of carbonyl (C=O) groups excluding carboxylic acids is 2. The Labute approximate surface area is 94.7 Å². The summed E-state index contributed by atoms with van der Waals surface area (Å²) in [6.07, 6.45) is 0.749. The summed E-state index contributed by atoms with van der Waals surface area (Å²) in [6, 6.07) is -0.717. The summed E-state index contributed by atoms with van der Waals surface area (Å²) in [6.45, 7) is 1.73. The van der Waals surface area contributed by atoms with Crippen LogP contribution in [0.2, 0.25) is 0 Å². The largest absolute Gasteiger partial charge is 0.338 e. The van der Waals surface area contributed by atoms with E-state index >= 15 is 0 Å². The Morgan fingerprint density at radius 1 is 1.38 bits per heavy atom. The van der Waals surface area contributed by atoms with Gasteiger partial charge in [0.15, 0.2) is 9.84 Å². The van der Waals surface area contributed by atoms with Crippen LogP contribution in [0.4, 0.5) is 4.79 Å². The molecule has 1 aliphatic heterocycles. The number of rotatable bonds is 4. The van der Waals surface area contributed by atoms with Gasteiger partial charge in [-0.1, -0.05) is 0 Å². The third-order valence-electron chi connectivity index (χ3n) is 2.33. The summed E-state index contributed by atoms with van der Waals surface area (Å²) in [5.41, 5.74) is 0. The van der Waals surface area contributed by atoms with Crippen LogP contribution in [0.25, 0.3) is 0 Å².